The molecule has 0 aliphatic carbocycles. The monoisotopic (exact) mass is 587 g/mol. The van der Waals surface area contributed by atoms with E-state index in [1.165, 1.54) is 29.2 Å². The van der Waals surface area contributed by atoms with Gasteiger partial charge in [-0.05, 0) is 68.1 Å². The molecule has 0 radical (unpaired) electrons. The van der Waals surface area contributed by atoms with E-state index in [9.17, 15) is 22.4 Å². The zero-order valence-electron chi connectivity index (χ0n) is 23.1. The highest BCUT2D eigenvalue weighted by molar-refractivity contribution is 7.92. The lowest BCUT2D eigenvalue weighted by Gasteiger charge is -2.34. The van der Waals surface area contributed by atoms with Gasteiger partial charge in [-0.2, -0.15) is 0 Å². The van der Waals surface area contributed by atoms with Gasteiger partial charge in [-0.15, -0.1) is 0 Å². The Balaban J connectivity index is 2.08. The lowest BCUT2D eigenvalue weighted by atomic mass is 10.1. The number of nitrogens with zero attached hydrogens (tertiary/aromatic N) is 2. The van der Waals surface area contributed by atoms with Gasteiger partial charge in [0.25, 0.3) is 10.0 Å². The number of amides is 2. The molecule has 3 aromatic rings. The van der Waals surface area contributed by atoms with Gasteiger partial charge in [0.15, 0.2) is 0 Å². The third-order valence-corrected chi connectivity index (χ3v) is 8.87. The highest BCUT2D eigenvalue weighted by Crippen LogP contribution is 2.28. The highest BCUT2D eigenvalue weighted by atomic mass is 35.5. The minimum atomic E-state index is -4.26. The second kappa shape index (κ2) is 13.8. The summed E-state index contributed by atoms with van der Waals surface area (Å²) < 4.78 is 42.5. The van der Waals surface area contributed by atoms with E-state index < -0.39 is 34.3 Å². The normalized spacial score (nSPS) is 12.8. The van der Waals surface area contributed by atoms with Gasteiger partial charge in [-0.3, -0.25) is 13.9 Å². The quantitative estimate of drug-likeness (QED) is 0.294. The van der Waals surface area contributed by atoms with Crippen LogP contribution in [-0.4, -0.2) is 43.8 Å². The Hall–Kier alpha value is -3.43. The summed E-state index contributed by atoms with van der Waals surface area (Å²) in [6.07, 6.45) is 1.02. The average Bonchev–Trinajstić information content (AvgIpc) is 2.94. The van der Waals surface area contributed by atoms with Crippen molar-refractivity contribution in [2.24, 2.45) is 0 Å². The first kappa shape index (κ1) is 31.1. The molecule has 0 saturated heterocycles. The molecule has 3 rings (SSSR count). The number of anilines is 1. The molecule has 214 valence electrons. The summed E-state index contributed by atoms with van der Waals surface area (Å²) in [5, 5.41) is 2.66. The van der Waals surface area contributed by atoms with Gasteiger partial charge in [0.2, 0.25) is 11.8 Å². The van der Waals surface area contributed by atoms with Crippen LogP contribution in [0.5, 0.6) is 0 Å². The summed E-state index contributed by atoms with van der Waals surface area (Å²) in [5.74, 6) is -1.63. The van der Waals surface area contributed by atoms with Crippen molar-refractivity contribution >= 4 is 39.1 Å². The molecule has 0 aliphatic heterocycles. The second-order valence-corrected chi connectivity index (χ2v) is 11.9. The van der Waals surface area contributed by atoms with Crippen molar-refractivity contribution in [3.63, 3.8) is 0 Å². The van der Waals surface area contributed by atoms with E-state index in [1.807, 2.05) is 45.0 Å². The number of hydrogen-bond acceptors (Lipinski definition) is 4. The molecule has 3 aromatic carbocycles. The van der Waals surface area contributed by atoms with Crippen molar-refractivity contribution in [2.75, 3.05) is 10.8 Å². The summed E-state index contributed by atoms with van der Waals surface area (Å²) >= 11 is 6.01. The van der Waals surface area contributed by atoms with Gasteiger partial charge < -0.3 is 10.2 Å². The van der Waals surface area contributed by atoms with Crippen LogP contribution in [0.25, 0.3) is 0 Å². The summed E-state index contributed by atoms with van der Waals surface area (Å²) in [4.78, 5) is 28.8. The molecular weight excluding hydrogens is 553 g/mol. The van der Waals surface area contributed by atoms with E-state index in [0.29, 0.717) is 12.8 Å². The lowest BCUT2D eigenvalue weighted by Crippen LogP contribution is -2.53. The fourth-order valence-electron chi connectivity index (χ4n) is 4.22. The highest BCUT2D eigenvalue weighted by Gasteiger charge is 2.34. The van der Waals surface area contributed by atoms with Gasteiger partial charge in [-0.25, -0.2) is 12.8 Å². The fourth-order valence-corrected chi connectivity index (χ4v) is 5.82. The molecular formula is C30H35ClFN3O4S. The second-order valence-electron chi connectivity index (χ2n) is 9.61. The first-order valence-electron chi connectivity index (χ1n) is 13.2. The largest absolute Gasteiger partial charge is 0.352 e. The molecule has 7 nitrogen and oxygen atoms in total. The molecule has 0 spiro atoms. The van der Waals surface area contributed by atoms with E-state index in [-0.39, 0.29) is 34.1 Å². The van der Waals surface area contributed by atoms with E-state index in [1.54, 1.807) is 25.1 Å². The average molecular weight is 588 g/mol. The van der Waals surface area contributed by atoms with Gasteiger partial charge >= 0.3 is 0 Å². The number of carbonyl (C=O) groups excluding carboxylic acids is 2. The van der Waals surface area contributed by atoms with Crippen LogP contribution >= 0.6 is 11.6 Å². The lowest BCUT2D eigenvalue weighted by molar-refractivity contribution is -0.140. The van der Waals surface area contributed by atoms with Gasteiger partial charge in [0, 0.05) is 12.6 Å². The maximum absolute atomic E-state index is 14.1. The fraction of sp³-hybridized carbons (Fsp3) is 0.333. The molecule has 0 heterocycles. The van der Waals surface area contributed by atoms with Gasteiger partial charge in [0.1, 0.15) is 18.4 Å². The number of aryl methyl sites for hydroxylation is 1. The van der Waals surface area contributed by atoms with Crippen LogP contribution in [0.15, 0.2) is 77.7 Å². The van der Waals surface area contributed by atoms with Gasteiger partial charge in [0.05, 0.1) is 15.6 Å². The number of benzene rings is 3. The number of halogens is 2. The van der Waals surface area contributed by atoms with Crippen LogP contribution in [0.3, 0.4) is 0 Å². The summed E-state index contributed by atoms with van der Waals surface area (Å²) in [7, 11) is -4.26. The van der Waals surface area contributed by atoms with Crippen LogP contribution in [0.4, 0.5) is 10.1 Å². The van der Waals surface area contributed by atoms with Crippen LogP contribution < -0.4 is 9.62 Å². The van der Waals surface area contributed by atoms with Crippen molar-refractivity contribution in [3.8, 4) is 0 Å². The smallest absolute Gasteiger partial charge is 0.264 e. The number of nitrogens with one attached hydrogen (secondary N) is 1. The molecule has 0 aliphatic rings. The molecule has 10 heteroatoms. The zero-order valence-corrected chi connectivity index (χ0v) is 24.7. The maximum atomic E-state index is 14.1. The third-order valence-electron chi connectivity index (χ3n) is 6.79. The molecule has 0 unspecified atom stereocenters. The molecule has 2 atom stereocenters. The van der Waals surface area contributed by atoms with Crippen LogP contribution in [-0.2, 0) is 26.2 Å². The SMILES string of the molecule is CC[C@@H](C)NC(=O)[C@@H](CC)N(Cc1ccccc1C)C(=O)CN(c1ccc(F)c(Cl)c1)S(=O)(=O)c1ccccc1. The molecule has 0 saturated carbocycles. The Bertz CT molecular complexity index is 1440. The van der Waals surface area contributed by atoms with Crippen molar-refractivity contribution in [1.82, 2.24) is 10.2 Å². The predicted octanol–water partition coefficient (Wildman–Crippen LogP) is 5.70. The Kier molecular flexibility index (Phi) is 10.7. The minimum Gasteiger partial charge on any atom is -0.352 e. The van der Waals surface area contributed by atoms with Crippen LogP contribution in [0.2, 0.25) is 5.02 Å². The van der Waals surface area contributed by atoms with Gasteiger partial charge in [-0.1, -0.05) is 67.9 Å². The Morgan fingerprint density at radius 2 is 1.62 bits per heavy atom. The zero-order chi connectivity index (χ0) is 29.4. The standard InChI is InChI=1S/C30H35ClFN3O4S/c1-5-22(4)33-30(37)28(6-2)34(19-23-13-11-10-12-21(23)3)29(36)20-35(24-16-17-27(32)26(31)18-24)40(38,39)25-14-8-7-9-15-25/h7-18,22,28H,5-6,19-20H2,1-4H3,(H,33,37)/t22-,28-/m1/s1. The van der Waals surface area contributed by atoms with E-state index >= 15 is 0 Å². The molecule has 0 fully saturated rings. The number of rotatable bonds is 12. The molecule has 40 heavy (non-hydrogen) atoms. The minimum absolute atomic E-state index is 0.0246. The first-order chi connectivity index (χ1) is 19.0. The van der Waals surface area contributed by atoms with E-state index in [4.69, 9.17) is 11.6 Å². The van der Waals surface area contributed by atoms with Crippen LogP contribution in [0, 0.1) is 12.7 Å². The predicted molar refractivity (Wildman–Crippen MR) is 156 cm³/mol. The summed E-state index contributed by atoms with van der Waals surface area (Å²) in [6.45, 7) is 7.01. The van der Waals surface area contributed by atoms with Crippen molar-refractivity contribution < 1.29 is 22.4 Å². The topological polar surface area (TPSA) is 86.8 Å². The van der Waals surface area contributed by atoms with E-state index in [0.717, 1.165) is 21.5 Å². The Morgan fingerprint density at radius 1 is 0.975 bits per heavy atom. The maximum Gasteiger partial charge on any atom is 0.264 e. The number of carbonyl (C=O) groups is 2. The molecule has 0 bridgehead atoms. The number of hydrogen-bond donors (Lipinski definition) is 1. The van der Waals surface area contributed by atoms with Crippen molar-refractivity contribution in [3.05, 3.63) is 94.8 Å². The van der Waals surface area contributed by atoms with E-state index in [2.05, 4.69) is 5.32 Å². The summed E-state index contributed by atoms with van der Waals surface area (Å²) in [6, 6.07) is 17.7. The van der Waals surface area contributed by atoms with Crippen molar-refractivity contribution in [2.45, 2.75) is 64.1 Å². The Morgan fingerprint density at radius 3 is 2.23 bits per heavy atom. The Labute approximate surface area is 241 Å². The first-order valence-corrected chi connectivity index (χ1v) is 15.0. The number of sulfonamides is 1. The van der Waals surface area contributed by atoms with Crippen LogP contribution in [0.1, 0.15) is 44.7 Å². The molecule has 0 aromatic heterocycles. The third kappa shape index (κ3) is 7.40. The molecule has 2 amide bonds. The molecule has 1 N–H and O–H groups in total. The summed E-state index contributed by atoms with van der Waals surface area (Å²) in [5.41, 5.74) is 1.78. The van der Waals surface area contributed by atoms with Crippen molar-refractivity contribution in [1.29, 1.82) is 0 Å².